The van der Waals surface area contributed by atoms with Crippen molar-refractivity contribution in [2.24, 2.45) is 5.41 Å². The summed E-state index contributed by atoms with van der Waals surface area (Å²) in [5.41, 5.74) is -0.0192. The second-order valence-electron chi connectivity index (χ2n) is 5.39. The molecule has 6 nitrogen and oxygen atoms in total. The van der Waals surface area contributed by atoms with Crippen molar-refractivity contribution < 1.29 is 9.66 Å². The summed E-state index contributed by atoms with van der Waals surface area (Å²) >= 11 is 6.69. The minimum Gasteiger partial charge on any atom is -0.381 e. The maximum Gasteiger partial charge on any atom is 0.289 e. The molecule has 0 bridgehead atoms. The van der Waals surface area contributed by atoms with Crippen molar-refractivity contribution >= 4 is 37.5 Å². The molecule has 8 heteroatoms. The number of hydrogen-bond donors (Lipinski definition) is 0. The van der Waals surface area contributed by atoms with E-state index in [-0.39, 0.29) is 21.1 Å². The Morgan fingerprint density at radius 1 is 1.48 bits per heavy atom. The lowest BCUT2D eigenvalue weighted by atomic mass is 9.82. The first-order valence-electron chi connectivity index (χ1n) is 6.58. The van der Waals surface area contributed by atoms with E-state index >= 15 is 0 Å². The van der Waals surface area contributed by atoms with Gasteiger partial charge in [0.15, 0.2) is 0 Å². The average Bonchev–Trinajstić information content (AvgIpc) is 2.48. The summed E-state index contributed by atoms with van der Waals surface area (Å²) in [6, 6.07) is 0. The van der Waals surface area contributed by atoms with Gasteiger partial charge in [0.25, 0.3) is 11.2 Å². The van der Waals surface area contributed by atoms with Crippen LogP contribution in [0.2, 0.25) is 0 Å². The van der Waals surface area contributed by atoms with Crippen molar-refractivity contribution in [1.82, 2.24) is 4.57 Å². The molecule has 1 fully saturated rings. The van der Waals surface area contributed by atoms with Gasteiger partial charge in [-0.3, -0.25) is 14.9 Å². The maximum atomic E-state index is 12.3. The van der Waals surface area contributed by atoms with Gasteiger partial charge in [-0.1, -0.05) is 15.9 Å². The lowest BCUT2D eigenvalue weighted by Crippen LogP contribution is -2.38. The smallest absolute Gasteiger partial charge is 0.289 e. The van der Waals surface area contributed by atoms with Crippen LogP contribution < -0.4 is 5.56 Å². The molecular formula is C13H16Br2N2O4. The Balaban J connectivity index is 2.44. The van der Waals surface area contributed by atoms with Crippen molar-refractivity contribution in [3.05, 3.63) is 36.7 Å². The highest BCUT2D eigenvalue weighted by Gasteiger charge is 2.33. The average molecular weight is 424 g/mol. The summed E-state index contributed by atoms with van der Waals surface area (Å²) in [5, 5.41) is 11.9. The fourth-order valence-corrected chi connectivity index (χ4v) is 3.67. The van der Waals surface area contributed by atoms with E-state index in [9.17, 15) is 14.9 Å². The van der Waals surface area contributed by atoms with Crippen molar-refractivity contribution in [3.8, 4) is 0 Å². The quantitative estimate of drug-likeness (QED) is 0.423. The lowest BCUT2D eigenvalue weighted by Gasteiger charge is -2.36. The first kappa shape index (κ1) is 16.6. The fraction of sp³-hybridized carbons (Fsp3) is 0.615. The molecule has 1 aliphatic heterocycles. The molecule has 0 spiro atoms. The van der Waals surface area contributed by atoms with E-state index in [1.807, 2.05) is 0 Å². The van der Waals surface area contributed by atoms with Crippen LogP contribution in [0, 0.1) is 22.5 Å². The third-order valence-electron chi connectivity index (χ3n) is 3.98. The number of pyridine rings is 1. The Morgan fingerprint density at radius 3 is 2.62 bits per heavy atom. The Hall–Kier alpha value is -0.730. The van der Waals surface area contributed by atoms with Crippen LogP contribution in [0.1, 0.15) is 18.4 Å². The monoisotopic (exact) mass is 422 g/mol. The zero-order chi connectivity index (χ0) is 15.6. The molecule has 2 rings (SSSR count). The standard InChI is InChI=1S/C13H16Br2N2O4/c1-9-10(17(19)20)6-16(12(18)11(9)15)8-13(7-14)2-4-21-5-3-13/h6H,2-5,7-8H2,1H3. The van der Waals surface area contributed by atoms with Gasteiger partial charge >= 0.3 is 0 Å². The van der Waals surface area contributed by atoms with Gasteiger partial charge in [-0.05, 0) is 35.7 Å². The minimum atomic E-state index is -0.458. The van der Waals surface area contributed by atoms with Gasteiger partial charge in [0, 0.05) is 36.1 Å². The Bertz CT molecular complexity index is 609. The van der Waals surface area contributed by atoms with E-state index < -0.39 is 4.92 Å². The van der Waals surface area contributed by atoms with Crippen molar-refractivity contribution in [2.45, 2.75) is 26.3 Å². The molecule has 1 aromatic heterocycles. The number of ether oxygens (including phenoxy) is 1. The zero-order valence-corrected chi connectivity index (χ0v) is 14.8. The summed E-state index contributed by atoms with van der Waals surface area (Å²) in [5.74, 6) is 0. The van der Waals surface area contributed by atoms with E-state index in [4.69, 9.17) is 4.74 Å². The van der Waals surface area contributed by atoms with Gasteiger partial charge in [0.1, 0.15) is 0 Å². The molecule has 0 radical (unpaired) electrons. The third-order valence-corrected chi connectivity index (χ3v) is 6.10. The van der Waals surface area contributed by atoms with Gasteiger partial charge in [-0.2, -0.15) is 0 Å². The molecule has 0 saturated carbocycles. The van der Waals surface area contributed by atoms with E-state index in [1.54, 1.807) is 6.92 Å². The number of hydrogen-bond acceptors (Lipinski definition) is 4. The van der Waals surface area contributed by atoms with Crippen molar-refractivity contribution in [1.29, 1.82) is 0 Å². The van der Waals surface area contributed by atoms with Gasteiger partial charge in [-0.15, -0.1) is 0 Å². The molecule has 2 heterocycles. The number of aromatic nitrogens is 1. The van der Waals surface area contributed by atoms with Gasteiger partial charge in [0.05, 0.1) is 15.6 Å². The molecule has 0 N–H and O–H groups in total. The summed E-state index contributed by atoms with van der Waals surface area (Å²) in [7, 11) is 0. The SMILES string of the molecule is Cc1c([N+](=O)[O-])cn(CC2(CBr)CCOCC2)c(=O)c1Br. The molecule has 21 heavy (non-hydrogen) atoms. The van der Waals surface area contributed by atoms with E-state index in [1.165, 1.54) is 10.8 Å². The number of nitro groups is 1. The number of halogens is 2. The first-order chi connectivity index (χ1) is 9.90. The molecule has 0 aliphatic carbocycles. The third kappa shape index (κ3) is 3.37. The van der Waals surface area contributed by atoms with Crippen molar-refractivity contribution in [2.75, 3.05) is 18.5 Å². The molecule has 0 atom stereocenters. The minimum absolute atomic E-state index is 0.0433. The highest BCUT2D eigenvalue weighted by Crippen LogP contribution is 2.34. The van der Waals surface area contributed by atoms with Crippen LogP contribution in [0.15, 0.2) is 15.5 Å². The largest absolute Gasteiger partial charge is 0.381 e. The van der Waals surface area contributed by atoms with Gasteiger partial charge in [-0.25, -0.2) is 0 Å². The van der Waals surface area contributed by atoms with E-state index in [0.717, 1.165) is 18.2 Å². The molecule has 0 unspecified atom stereocenters. The normalized spacial score (nSPS) is 17.7. The molecule has 0 aromatic carbocycles. The first-order valence-corrected chi connectivity index (χ1v) is 8.49. The second-order valence-corrected chi connectivity index (χ2v) is 6.74. The number of nitrogens with zero attached hydrogens (tertiary/aromatic N) is 2. The van der Waals surface area contributed by atoms with Crippen LogP contribution in [0.4, 0.5) is 5.69 Å². The molecule has 116 valence electrons. The summed E-state index contributed by atoms with van der Waals surface area (Å²) < 4.78 is 7.08. The predicted molar refractivity (Wildman–Crippen MR) is 86.1 cm³/mol. The van der Waals surface area contributed by atoms with E-state index in [0.29, 0.717) is 25.3 Å². The molecular weight excluding hydrogens is 408 g/mol. The maximum absolute atomic E-state index is 12.3. The summed E-state index contributed by atoms with van der Waals surface area (Å²) in [4.78, 5) is 23.0. The van der Waals surface area contributed by atoms with Crippen LogP contribution in [0.3, 0.4) is 0 Å². The zero-order valence-electron chi connectivity index (χ0n) is 11.6. The summed E-state index contributed by atoms with van der Waals surface area (Å²) in [6.45, 7) is 3.31. The van der Waals surface area contributed by atoms with Crippen LogP contribution >= 0.6 is 31.9 Å². The van der Waals surface area contributed by atoms with E-state index in [2.05, 4.69) is 31.9 Å². The van der Waals surface area contributed by atoms with Crippen LogP contribution in [-0.4, -0.2) is 28.0 Å². The highest BCUT2D eigenvalue weighted by atomic mass is 79.9. The molecule has 1 aliphatic rings. The molecule has 0 amide bonds. The summed E-state index contributed by atoms with van der Waals surface area (Å²) in [6.07, 6.45) is 3.00. The molecule has 1 aromatic rings. The molecule has 1 saturated heterocycles. The number of rotatable bonds is 4. The van der Waals surface area contributed by atoms with Gasteiger partial charge in [0.2, 0.25) is 0 Å². The fourth-order valence-electron chi connectivity index (χ4n) is 2.50. The Kier molecular flexibility index (Phi) is 5.21. The van der Waals surface area contributed by atoms with Crippen LogP contribution in [0.25, 0.3) is 0 Å². The topological polar surface area (TPSA) is 74.4 Å². The Labute approximate surface area is 138 Å². The lowest BCUT2D eigenvalue weighted by molar-refractivity contribution is -0.386. The van der Waals surface area contributed by atoms with Gasteiger partial charge < -0.3 is 9.30 Å². The van der Waals surface area contributed by atoms with Crippen molar-refractivity contribution in [3.63, 3.8) is 0 Å². The second kappa shape index (κ2) is 6.58. The predicted octanol–water partition coefficient (Wildman–Crippen LogP) is 3.02. The van der Waals surface area contributed by atoms with Crippen LogP contribution in [0.5, 0.6) is 0 Å². The van der Waals surface area contributed by atoms with Crippen LogP contribution in [-0.2, 0) is 11.3 Å². The highest BCUT2D eigenvalue weighted by molar-refractivity contribution is 9.10. The number of alkyl halides is 1. The Morgan fingerprint density at radius 2 is 2.10 bits per heavy atom.